The molecule has 0 aliphatic heterocycles. The summed E-state index contributed by atoms with van der Waals surface area (Å²) >= 11 is 0. The first-order chi connectivity index (χ1) is 11.1. The summed E-state index contributed by atoms with van der Waals surface area (Å²) in [6.45, 7) is 4.52. The van der Waals surface area contributed by atoms with Gasteiger partial charge in [0.05, 0.1) is 18.3 Å². The molecule has 0 saturated carbocycles. The van der Waals surface area contributed by atoms with E-state index >= 15 is 0 Å². The van der Waals surface area contributed by atoms with Crippen molar-refractivity contribution in [2.45, 2.75) is 26.1 Å². The van der Waals surface area contributed by atoms with Crippen molar-refractivity contribution < 1.29 is 19.0 Å². The van der Waals surface area contributed by atoms with Gasteiger partial charge < -0.3 is 14.2 Å². The lowest BCUT2D eigenvalue weighted by Crippen LogP contribution is -2.26. The minimum absolute atomic E-state index is 0.0897. The number of esters is 1. The van der Waals surface area contributed by atoms with E-state index in [1.54, 1.807) is 24.3 Å². The summed E-state index contributed by atoms with van der Waals surface area (Å²) in [5, 5.41) is 0. The lowest BCUT2D eigenvalue weighted by Gasteiger charge is -2.18. The predicted octanol–water partition coefficient (Wildman–Crippen LogP) is 3.72. The van der Waals surface area contributed by atoms with Crippen molar-refractivity contribution in [2.24, 2.45) is 0 Å². The van der Waals surface area contributed by atoms with E-state index in [0.29, 0.717) is 18.8 Å². The third-order valence-electron chi connectivity index (χ3n) is 3.16. The molecule has 0 spiro atoms. The van der Waals surface area contributed by atoms with Crippen molar-refractivity contribution in [2.75, 3.05) is 13.2 Å². The fourth-order valence-electron chi connectivity index (χ4n) is 1.94. The highest BCUT2D eigenvalue weighted by molar-refractivity contribution is 5.89. The molecule has 2 rings (SSSR count). The van der Waals surface area contributed by atoms with E-state index < -0.39 is 0 Å². The van der Waals surface area contributed by atoms with E-state index in [4.69, 9.17) is 14.2 Å². The molecule has 0 fully saturated rings. The first kappa shape index (κ1) is 17.0. The summed E-state index contributed by atoms with van der Waals surface area (Å²) < 4.78 is 16.6. The first-order valence-electron chi connectivity index (χ1n) is 7.70. The summed E-state index contributed by atoms with van der Waals surface area (Å²) in [5.74, 6) is 0.474. The topological polar surface area (TPSA) is 44.8 Å². The molecular formula is C19H22O4. The average Bonchev–Trinajstić information content (AvgIpc) is 2.60. The monoisotopic (exact) mass is 314 g/mol. The third-order valence-corrected chi connectivity index (χ3v) is 3.16. The van der Waals surface area contributed by atoms with Gasteiger partial charge in [0.15, 0.2) is 0 Å². The SMILES string of the molecule is CC(COc1ccccc1)OCC(C)OC(=O)c1ccccc1. The van der Waals surface area contributed by atoms with Crippen molar-refractivity contribution in [1.29, 1.82) is 0 Å². The summed E-state index contributed by atoms with van der Waals surface area (Å²) in [6.07, 6.45) is -0.407. The van der Waals surface area contributed by atoms with E-state index in [2.05, 4.69) is 0 Å². The maximum Gasteiger partial charge on any atom is 0.338 e. The number of carbonyl (C=O) groups excluding carboxylic acids is 1. The minimum atomic E-state index is -0.338. The van der Waals surface area contributed by atoms with Gasteiger partial charge in [0.1, 0.15) is 18.5 Å². The van der Waals surface area contributed by atoms with E-state index in [9.17, 15) is 4.79 Å². The molecule has 0 bridgehead atoms. The molecule has 0 aliphatic carbocycles. The van der Waals surface area contributed by atoms with Crippen LogP contribution in [0.1, 0.15) is 24.2 Å². The van der Waals surface area contributed by atoms with Crippen LogP contribution in [-0.4, -0.2) is 31.4 Å². The number of hydrogen-bond donors (Lipinski definition) is 0. The number of rotatable bonds is 8. The van der Waals surface area contributed by atoms with Crippen LogP contribution in [0.2, 0.25) is 0 Å². The van der Waals surface area contributed by atoms with Crippen LogP contribution in [0.25, 0.3) is 0 Å². The zero-order chi connectivity index (χ0) is 16.5. The third kappa shape index (κ3) is 6.12. The Balaban J connectivity index is 1.67. The largest absolute Gasteiger partial charge is 0.491 e. The van der Waals surface area contributed by atoms with E-state index in [0.717, 1.165) is 5.75 Å². The summed E-state index contributed by atoms with van der Waals surface area (Å²) in [7, 11) is 0. The van der Waals surface area contributed by atoms with E-state index in [-0.39, 0.29) is 18.2 Å². The Morgan fingerprint density at radius 2 is 1.48 bits per heavy atom. The number of benzene rings is 2. The fraction of sp³-hybridized carbons (Fsp3) is 0.316. The standard InChI is InChI=1S/C19H22O4/c1-15(13-22-18-11-7-4-8-12-18)21-14-16(2)23-19(20)17-9-5-3-6-10-17/h3-12,15-16H,13-14H2,1-2H3. The average molecular weight is 314 g/mol. The van der Waals surface area contributed by atoms with Crippen molar-refractivity contribution >= 4 is 5.97 Å². The van der Waals surface area contributed by atoms with E-state index in [1.165, 1.54) is 0 Å². The van der Waals surface area contributed by atoms with Crippen LogP contribution in [-0.2, 0) is 9.47 Å². The van der Waals surface area contributed by atoms with Gasteiger partial charge in [-0.15, -0.1) is 0 Å². The number of carbonyl (C=O) groups is 1. The highest BCUT2D eigenvalue weighted by Gasteiger charge is 2.13. The maximum absolute atomic E-state index is 11.9. The smallest absolute Gasteiger partial charge is 0.338 e. The van der Waals surface area contributed by atoms with Crippen LogP contribution in [0, 0.1) is 0 Å². The van der Waals surface area contributed by atoms with Crippen LogP contribution >= 0.6 is 0 Å². The second kappa shape index (κ2) is 8.96. The van der Waals surface area contributed by atoms with Gasteiger partial charge >= 0.3 is 5.97 Å². The number of para-hydroxylation sites is 1. The molecule has 2 unspecified atom stereocenters. The second-order valence-corrected chi connectivity index (χ2v) is 5.35. The number of ether oxygens (including phenoxy) is 3. The Kier molecular flexibility index (Phi) is 6.63. The van der Waals surface area contributed by atoms with Gasteiger partial charge in [0.2, 0.25) is 0 Å². The Bertz CT molecular complexity index is 583. The molecule has 0 N–H and O–H groups in total. The molecule has 4 nitrogen and oxygen atoms in total. The molecule has 2 aromatic carbocycles. The van der Waals surface area contributed by atoms with Crippen molar-refractivity contribution in [3.63, 3.8) is 0 Å². The zero-order valence-corrected chi connectivity index (χ0v) is 13.5. The van der Waals surface area contributed by atoms with Crippen molar-refractivity contribution in [3.05, 3.63) is 66.2 Å². The predicted molar refractivity (Wildman–Crippen MR) is 88.7 cm³/mol. The first-order valence-corrected chi connectivity index (χ1v) is 7.70. The Labute approximate surface area is 137 Å². The summed E-state index contributed by atoms with van der Waals surface area (Å²) in [6, 6.07) is 18.5. The Hall–Kier alpha value is -2.33. The van der Waals surface area contributed by atoms with E-state index in [1.807, 2.05) is 50.2 Å². The quantitative estimate of drug-likeness (QED) is 0.697. The van der Waals surface area contributed by atoms with Crippen molar-refractivity contribution in [1.82, 2.24) is 0 Å². The van der Waals surface area contributed by atoms with Crippen LogP contribution in [0.5, 0.6) is 5.75 Å². The Morgan fingerprint density at radius 3 is 2.13 bits per heavy atom. The van der Waals surface area contributed by atoms with Crippen LogP contribution in [0.15, 0.2) is 60.7 Å². The van der Waals surface area contributed by atoms with Crippen LogP contribution in [0.4, 0.5) is 0 Å². The molecule has 2 atom stereocenters. The summed E-state index contributed by atoms with van der Waals surface area (Å²) in [5.41, 5.74) is 0.541. The molecule has 0 amide bonds. The summed E-state index contributed by atoms with van der Waals surface area (Å²) in [4.78, 5) is 11.9. The van der Waals surface area contributed by atoms with Gasteiger partial charge in [-0.2, -0.15) is 0 Å². The van der Waals surface area contributed by atoms with Crippen LogP contribution < -0.4 is 4.74 Å². The lowest BCUT2D eigenvalue weighted by molar-refractivity contribution is -0.0290. The zero-order valence-electron chi connectivity index (χ0n) is 13.5. The molecule has 4 heteroatoms. The molecule has 0 heterocycles. The maximum atomic E-state index is 11.9. The lowest BCUT2D eigenvalue weighted by atomic mass is 10.2. The normalized spacial score (nSPS) is 13.1. The molecule has 0 aliphatic rings. The van der Waals surface area contributed by atoms with Gasteiger partial charge in [0.25, 0.3) is 0 Å². The molecule has 122 valence electrons. The molecule has 0 aromatic heterocycles. The fourth-order valence-corrected chi connectivity index (χ4v) is 1.94. The molecule has 0 radical (unpaired) electrons. The Morgan fingerprint density at radius 1 is 0.870 bits per heavy atom. The highest BCUT2D eigenvalue weighted by Crippen LogP contribution is 2.10. The van der Waals surface area contributed by atoms with Crippen LogP contribution in [0.3, 0.4) is 0 Å². The van der Waals surface area contributed by atoms with Gasteiger partial charge in [0, 0.05) is 0 Å². The van der Waals surface area contributed by atoms with Crippen molar-refractivity contribution in [3.8, 4) is 5.75 Å². The second-order valence-electron chi connectivity index (χ2n) is 5.35. The highest BCUT2D eigenvalue weighted by atomic mass is 16.6. The molecular weight excluding hydrogens is 292 g/mol. The van der Waals surface area contributed by atoms with Gasteiger partial charge in [-0.05, 0) is 38.1 Å². The number of hydrogen-bond acceptors (Lipinski definition) is 4. The minimum Gasteiger partial charge on any atom is -0.491 e. The molecule has 0 saturated heterocycles. The van der Waals surface area contributed by atoms with Gasteiger partial charge in [-0.1, -0.05) is 36.4 Å². The van der Waals surface area contributed by atoms with Gasteiger partial charge in [-0.3, -0.25) is 0 Å². The van der Waals surface area contributed by atoms with Gasteiger partial charge in [-0.25, -0.2) is 4.79 Å². The molecule has 2 aromatic rings. The molecule has 23 heavy (non-hydrogen) atoms.